The topological polar surface area (TPSA) is 86.6 Å². The van der Waals surface area contributed by atoms with E-state index in [-0.39, 0.29) is 12.3 Å². The predicted octanol–water partition coefficient (Wildman–Crippen LogP) is 1.69. The average molecular weight is 271 g/mol. The van der Waals surface area contributed by atoms with Crippen molar-refractivity contribution in [3.8, 4) is 0 Å². The van der Waals surface area contributed by atoms with Crippen molar-refractivity contribution >= 4 is 11.9 Å². The Labute approximate surface area is 114 Å². The van der Waals surface area contributed by atoms with Crippen LogP contribution in [0.25, 0.3) is 0 Å². The Morgan fingerprint density at radius 1 is 1.26 bits per heavy atom. The number of hydrogen-bond acceptors (Lipinski definition) is 3. The van der Waals surface area contributed by atoms with E-state index < -0.39 is 17.5 Å². The molecule has 0 saturated heterocycles. The summed E-state index contributed by atoms with van der Waals surface area (Å²) in [6.07, 6.45) is 4.84. The number of nitrogens with one attached hydrogen (secondary N) is 1. The van der Waals surface area contributed by atoms with Crippen molar-refractivity contribution in [2.24, 2.45) is 5.41 Å². The van der Waals surface area contributed by atoms with Crippen molar-refractivity contribution < 1.29 is 19.8 Å². The summed E-state index contributed by atoms with van der Waals surface area (Å²) < 4.78 is 0. The van der Waals surface area contributed by atoms with E-state index in [4.69, 9.17) is 0 Å². The molecule has 1 aliphatic rings. The average Bonchev–Trinajstić information content (AvgIpc) is 2.39. The molecule has 110 valence electrons. The van der Waals surface area contributed by atoms with Crippen molar-refractivity contribution in [3.05, 3.63) is 0 Å². The number of carbonyl (C=O) groups is 2. The van der Waals surface area contributed by atoms with Gasteiger partial charge in [-0.1, -0.05) is 26.2 Å². The second kappa shape index (κ2) is 7.48. The van der Waals surface area contributed by atoms with Crippen LogP contribution in [0.3, 0.4) is 0 Å². The van der Waals surface area contributed by atoms with Gasteiger partial charge >= 0.3 is 5.97 Å². The summed E-state index contributed by atoms with van der Waals surface area (Å²) in [6.45, 7) is 2.29. The van der Waals surface area contributed by atoms with Crippen LogP contribution in [0, 0.1) is 5.41 Å². The molecule has 0 spiro atoms. The number of rotatable bonds is 7. The van der Waals surface area contributed by atoms with Gasteiger partial charge in [0.05, 0.1) is 11.5 Å². The van der Waals surface area contributed by atoms with Gasteiger partial charge < -0.3 is 15.5 Å². The lowest BCUT2D eigenvalue weighted by Gasteiger charge is -2.32. The zero-order valence-corrected chi connectivity index (χ0v) is 11.7. The zero-order chi connectivity index (χ0) is 14.3. The maximum atomic E-state index is 11.8. The molecule has 1 rings (SSSR count). The maximum absolute atomic E-state index is 11.8. The number of aliphatic hydroxyl groups is 1. The van der Waals surface area contributed by atoms with Gasteiger partial charge in [-0.2, -0.15) is 0 Å². The van der Waals surface area contributed by atoms with Crippen LogP contribution >= 0.6 is 0 Å². The van der Waals surface area contributed by atoms with Crippen molar-refractivity contribution in [2.45, 2.75) is 64.4 Å². The molecule has 5 nitrogen and oxygen atoms in total. The summed E-state index contributed by atoms with van der Waals surface area (Å²) in [5.74, 6) is -1.07. The van der Waals surface area contributed by atoms with E-state index >= 15 is 0 Å². The summed E-state index contributed by atoms with van der Waals surface area (Å²) in [7, 11) is 0. The van der Waals surface area contributed by atoms with Crippen LogP contribution in [0.4, 0.5) is 0 Å². The number of carboxylic acid groups (broad SMARTS) is 1. The molecule has 19 heavy (non-hydrogen) atoms. The Morgan fingerprint density at radius 2 is 1.89 bits per heavy atom. The van der Waals surface area contributed by atoms with Gasteiger partial charge in [-0.25, -0.2) is 0 Å². The van der Waals surface area contributed by atoms with Crippen LogP contribution in [0.15, 0.2) is 0 Å². The second-order valence-corrected chi connectivity index (χ2v) is 5.52. The third kappa shape index (κ3) is 4.82. The van der Waals surface area contributed by atoms with Gasteiger partial charge in [0.1, 0.15) is 0 Å². The number of aliphatic hydroxyl groups excluding tert-OH is 1. The van der Waals surface area contributed by atoms with Gasteiger partial charge in [-0.15, -0.1) is 0 Å². The van der Waals surface area contributed by atoms with Crippen LogP contribution in [-0.4, -0.2) is 34.7 Å². The first-order valence-corrected chi connectivity index (χ1v) is 7.18. The second-order valence-electron chi connectivity index (χ2n) is 5.52. The fourth-order valence-corrected chi connectivity index (χ4v) is 2.65. The van der Waals surface area contributed by atoms with Gasteiger partial charge in [0.15, 0.2) is 0 Å². The fraction of sp³-hybridized carbons (Fsp3) is 0.857. The van der Waals surface area contributed by atoms with Crippen molar-refractivity contribution in [3.63, 3.8) is 0 Å². The lowest BCUT2D eigenvalue weighted by Crippen LogP contribution is -2.39. The molecule has 0 aromatic heterocycles. The minimum atomic E-state index is -0.869. The standard InChI is InChI=1S/C14H25NO4/c1-2-11(16)6-9-15-12(17)10-14(13(18)19)7-4-3-5-8-14/h11,16H,2-10H2,1H3,(H,15,17)(H,18,19). The Bertz CT molecular complexity index is 311. The Balaban J connectivity index is 2.42. The van der Waals surface area contributed by atoms with Crippen LogP contribution in [0.2, 0.25) is 0 Å². The molecule has 1 fully saturated rings. The van der Waals surface area contributed by atoms with Crippen LogP contribution in [0.5, 0.6) is 0 Å². The molecule has 1 atom stereocenters. The molecule has 3 N–H and O–H groups in total. The van der Waals surface area contributed by atoms with Crippen LogP contribution < -0.4 is 5.32 Å². The van der Waals surface area contributed by atoms with Crippen molar-refractivity contribution in [1.29, 1.82) is 0 Å². The van der Waals surface area contributed by atoms with Crippen LogP contribution in [0.1, 0.15) is 58.3 Å². The van der Waals surface area contributed by atoms with Gasteiger partial charge in [-0.05, 0) is 25.7 Å². The van der Waals surface area contributed by atoms with Crippen LogP contribution in [-0.2, 0) is 9.59 Å². The molecule has 0 bridgehead atoms. The van der Waals surface area contributed by atoms with Gasteiger partial charge in [0.2, 0.25) is 5.91 Å². The lowest BCUT2D eigenvalue weighted by molar-refractivity contribution is -0.154. The molecule has 0 aromatic rings. The Kier molecular flexibility index (Phi) is 6.28. The molecule has 5 heteroatoms. The highest BCUT2D eigenvalue weighted by molar-refractivity contribution is 5.85. The van der Waals surface area contributed by atoms with Gasteiger partial charge in [0.25, 0.3) is 0 Å². The number of carbonyl (C=O) groups excluding carboxylic acids is 1. The molecular formula is C14H25NO4. The summed E-state index contributed by atoms with van der Waals surface area (Å²) in [4.78, 5) is 23.3. The molecule has 0 heterocycles. The van der Waals surface area contributed by atoms with E-state index in [9.17, 15) is 19.8 Å². The van der Waals surface area contributed by atoms with E-state index in [1.165, 1.54) is 0 Å². The van der Waals surface area contributed by atoms with E-state index in [0.29, 0.717) is 32.2 Å². The largest absolute Gasteiger partial charge is 0.481 e. The molecule has 0 radical (unpaired) electrons. The van der Waals surface area contributed by atoms with Crippen molar-refractivity contribution in [2.75, 3.05) is 6.54 Å². The minimum Gasteiger partial charge on any atom is -0.481 e. The lowest BCUT2D eigenvalue weighted by atomic mass is 9.71. The first-order chi connectivity index (χ1) is 9.00. The van der Waals surface area contributed by atoms with Gasteiger partial charge in [-0.3, -0.25) is 9.59 Å². The Morgan fingerprint density at radius 3 is 2.42 bits per heavy atom. The van der Waals surface area contributed by atoms with Gasteiger partial charge in [0, 0.05) is 13.0 Å². The number of carboxylic acids is 1. The quantitative estimate of drug-likeness (QED) is 0.657. The SMILES string of the molecule is CCC(O)CCNC(=O)CC1(C(=O)O)CCCCC1. The molecule has 1 amide bonds. The predicted molar refractivity (Wildman–Crippen MR) is 71.7 cm³/mol. The Hall–Kier alpha value is -1.10. The first-order valence-electron chi connectivity index (χ1n) is 7.18. The molecule has 1 aliphatic carbocycles. The zero-order valence-electron chi connectivity index (χ0n) is 11.7. The van der Waals surface area contributed by atoms with E-state index in [2.05, 4.69) is 5.32 Å². The number of amides is 1. The molecule has 0 aliphatic heterocycles. The van der Waals surface area contributed by atoms with E-state index in [1.807, 2.05) is 6.92 Å². The fourth-order valence-electron chi connectivity index (χ4n) is 2.65. The summed E-state index contributed by atoms with van der Waals surface area (Å²) in [6, 6.07) is 0. The molecule has 1 saturated carbocycles. The third-order valence-electron chi connectivity index (χ3n) is 4.03. The molecular weight excluding hydrogens is 246 g/mol. The summed E-state index contributed by atoms with van der Waals surface area (Å²) in [5.41, 5.74) is -0.869. The monoisotopic (exact) mass is 271 g/mol. The smallest absolute Gasteiger partial charge is 0.310 e. The normalized spacial score (nSPS) is 19.7. The molecule has 0 aromatic carbocycles. The highest BCUT2D eigenvalue weighted by atomic mass is 16.4. The third-order valence-corrected chi connectivity index (χ3v) is 4.03. The first kappa shape index (κ1) is 16.0. The minimum absolute atomic E-state index is 0.0601. The highest BCUT2D eigenvalue weighted by Crippen LogP contribution is 2.39. The number of aliphatic carboxylic acids is 1. The maximum Gasteiger partial charge on any atom is 0.310 e. The van der Waals surface area contributed by atoms with E-state index in [1.54, 1.807) is 0 Å². The van der Waals surface area contributed by atoms with Crippen molar-refractivity contribution in [1.82, 2.24) is 5.32 Å². The van der Waals surface area contributed by atoms with E-state index in [0.717, 1.165) is 19.3 Å². The molecule has 1 unspecified atom stereocenters. The highest BCUT2D eigenvalue weighted by Gasteiger charge is 2.41. The summed E-state index contributed by atoms with van der Waals surface area (Å²) >= 11 is 0. The summed E-state index contributed by atoms with van der Waals surface area (Å²) in [5, 5.41) is 21.5. The number of hydrogen-bond donors (Lipinski definition) is 3.